The lowest BCUT2D eigenvalue weighted by Crippen LogP contribution is -2.24. The Balaban J connectivity index is 1.66. The molecule has 4 heteroatoms. The molecular weight excluding hydrogens is 517 g/mol. The zero-order valence-corrected chi connectivity index (χ0v) is 26.5. The van der Waals surface area contributed by atoms with Gasteiger partial charge in [-0.05, 0) is 53.8 Å². The Hall–Kier alpha value is -2.07. The zero-order chi connectivity index (χ0) is 29.0. The summed E-state index contributed by atoms with van der Waals surface area (Å²) < 4.78 is 45.4. The lowest BCUT2D eigenvalue weighted by molar-refractivity contribution is 0.512. The highest BCUT2D eigenvalue weighted by molar-refractivity contribution is 6.77. The number of fused-ring (bicyclic) bond motifs is 1. The van der Waals surface area contributed by atoms with Crippen LogP contribution in [0, 0.1) is 17.5 Å². The topological polar surface area (TPSA) is 0 Å². The van der Waals surface area contributed by atoms with Gasteiger partial charge in [-0.2, -0.15) is 0 Å². The second-order valence-corrected chi connectivity index (χ2v) is 17.9. The Morgan fingerprint density at radius 2 is 1.18 bits per heavy atom. The molecule has 0 saturated heterocycles. The maximum atomic E-state index is 15.6. The van der Waals surface area contributed by atoms with Crippen molar-refractivity contribution in [1.82, 2.24) is 0 Å². The van der Waals surface area contributed by atoms with Gasteiger partial charge >= 0.3 is 0 Å². The molecule has 0 aromatic heterocycles. The Morgan fingerprint density at radius 1 is 0.575 bits per heavy atom. The van der Waals surface area contributed by atoms with E-state index in [0.717, 1.165) is 31.7 Å². The largest absolute Gasteiger partial charge is 0.206 e. The van der Waals surface area contributed by atoms with Gasteiger partial charge in [-0.15, -0.1) is 0 Å². The van der Waals surface area contributed by atoms with E-state index in [0.29, 0.717) is 22.9 Å². The Labute approximate surface area is 242 Å². The summed E-state index contributed by atoms with van der Waals surface area (Å²) in [6, 6.07) is 14.9. The van der Waals surface area contributed by atoms with Crippen LogP contribution < -0.4 is 0 Å². The molecule has 0 radical (unpaired) electrons. The molecule has 0 saturated carbocycles. The van der Waals surface area contributed by atoms with Crippen LogP contribution in [0.1, 0.15) is 102 Å². The van der Waals surface area contributed by atoms with Crippen molar-refractivity contribution >= 4 is 18.8 Å². The first kappa shape index (κ1) is 32.4. The third-order valence-electron chi connectivity index (χ3n) is 8.55. The first-order valence-electron chi connectivity index (χ1n) is 16.0. The van der Waals surface area contributed by atoms with Crippen molar-refractivity contribution in [2.45, 2.75) is 129 Å². The lowest BCUT2D eigenvalue weighted by Gasteiger charge is -2.22. The van der Waals surface area contributed by atoms with E-state index in [1.54, 1.807) is 12.1 Å². The third kappa shape index (κ3) is 9.50. The van der Waals surface area contributed by atoms with Crippen LogP contribution in [0.25, 0.3) is 21.9 Å². The molecule has 3 rings (SSSR count). The number of benzene rings is 3. The van der Waals surface area contributed by atoms with Crippen molar-refractivity contribution in [3.63, 3.8) is 0 Å². The molecule has 0 bridgehead atoms. The van der Waals surface area contributed by atoms with Crippen molar-refractivity contribution in [1.29, 1.82) is 0 Å². The van der Waals surface area contributed by atoms with E-state index in [2.05, 4.69) is 26.9 Å². The van der Waals surface area contributed by atoms with Crippen LogP contribution in [0.4, 0.5) is 13.2 Å². The maximum Gasteiger partial charge on any atom is 0.167 e. The van der Waals surface area contributed by atoms with E-state index < -0.39 is 25.5 Å². The van der Waals surface area contributed by atoms with Crippen molar-refractivity contribution in [2.24, 2.45) is 0 Å². The van der Waals surface area contributed by atoms with Crippen LogP contribution in [-0.4, -0.2) is 8.07 Å². The van der Waals surface area contributed by atoms with E-state index in [9.17, 15) is 4.39 Å². The molecule has 0 aliphatic heterocycles. The summed E-state index contributed by atoms with van der Waals surface area (Å²) in [6.45, 7) is 9.37. The summed E-state index contributed by atoms with van der Waals surface area (Å²) >= 11 is 0. The number of unbranched alkanes of at least 4 members (excludes halogenated alkanes) is 9. The summed E-state index contributed by atoms with van der Waals surface area (Å²) in [5.41, 5.74) is 2.54. The normalized spacial score (nSPS) is 12.0. The molecule has 0 aliphatic carbocycles. The van der Waals surface area contributed by atoms with Gasteiger partial charge in [-0.1, -0.05) is 140 Å². The SMILES string of the molecule is CCCCCCCCCCc1ccc(-c2c(F)c(F)cc3c(F)c(CCCC[Si](C)(C)CCCC)ccc23)cc1. The summed E-state index contributed by atoms with van der Waals surface area (Å²) in [5.74, 6) is -2.31. The molecular formula is C36H51F3Si. The molecule has 0 unspecified atom stereocenters. The number of hydrogen-bond donors (Lipinski definition) is 0. The summed E-state index contributed by atoms with van der Waals surface area (Å²) in [4.78, 5) is 0. The Bertz CT molecular complexity index is 1180. The summed E-state index contributed by atoms with van der Waals surface area (Å²) in [5, 5.41) is 0.608. The average molecular weight is 569 g/mol. The van der Waals surface area contributed by atoms with Crippen LogP contribution in [0.3, 0.4) is 0 Å². The fourth-order valence-corrected chi connectivity index (χ4v) is 8.67. The smallest absolute Gasteiger partial charge is 0.167 e. The molecule has 0 N–H and O–H groups in total. The van der Waals surface area contributed by atoms with Crippen LogP contribution in [0.5, 0.6) is 0 Å². The number of rotatable bonds is 18. The highest BCUT2D eigenvalue weighted by Gasteiger charge is 2.21. The highest BCUT2D eigenvalue weighted by Crippen LogP contribution is 2.36. The minimum absolute atomic E-state index is 0.155. The van der Waals surface area contributed by atoms with E-state index in [-0.39, 0.29) is 10.9 Å². The standard InChI is InChI=1S/C36H51F3Si/c1-5-7-9-10-11-12-13-14-17-28-19-21-29(22-20-28)34-31-24-23-30(35(38)32(31)27-33(37)36(34)39)18-15-16-26-40(3,4)25-8-6-2/h19-24,27H,5-18,25-26H2,1-4H3. The predicted molar refractivity (Wildman–Crippen MR) is 171 cm³/mol. The second kappa shape index (κ2) is 16.4. The van der Waals surface area contributed by atoms with Crippen molar-refractivity contribution < 1.29 is 13.2 Å². The van der Waals surface area contributed by atoms with Crippen LogP contribution >= 0.6 is 0 Å². The summed E-state index contributed by atoms with van der Waals surface area (Å²) in [6.07, 6.45) is 16.4. The van der Waals surface area contributed by atoms with E-state index in [1.165, 1.54) is 75.4 Å². The van der Waals surface area contributed by atoms with Gasteiger partial charge in [-0.25, -0.2) is 13.2 Å². The van der Waals surface area contributed by atoms with Crippen molar-refractivity contribution in [3.05, 3.63) is 71.0 Å². The Kier molecular flexibility index (Phi) is 13.3. The monoisotopic (exact) mass is 568 g/mol. The van der Waals surface area contributed by atoms with Gasteiger partial charge in [0.15, 0.2) is 11.6 Å². The van der Waals surface area contributed by atoms with Gasteiger partial charge < -0.3 is 0 Å². The number of aryl methyl sites for hydroxylation is 2. The lowest BCUT2D eigenvalue weighted by atomic mass is 9.93. The van der Waals surface area contributed by atoms with Crippen molar-refractivity contribution in [3.8, 4) is 11.1 Å². The molecule has 0 aliphatic rings. The molecule has 0 spiro atoms. The van der Waals surface area contributed by atoms with Gasteiger partial charge in [0, 0.05) is 19.0 Å². The van der Waals surface area contributed by atoms with E-state index in [4.69, 9.17) is 0 Å². The van der Waals surface area contributed by atoms with Crippen LogP contribution in [-0.2, 0) is 12.8 Å². The zero-order valence-electron chi connectivity index (χ0n) is 25.5. The Morgan fingerprint density at radius 3 is 1.85 bits per heavy atom. The van der Waals surface area contributed by atoms with Gasteiger partial charge in [0.1, 0.15) is 5.82 Å². The maximum absolute atomic E-state index is 15.6. The molecule has 40 heavy (non-hydrogen) atoms. The molecule has 3 aromatic rings. The van der Waals surface area contributed by atoms with Gasteiger partial charge in [-0.3, -0.25) is 0 Å². The van der Waals surface area contributed by atoms with Crippen LogP contribution in [0.15, 0.2) is 42.5 Å². The minimum atomic E-state index is -1.19. The first-order chi connectivity index (χ1) is 19.3. The molecule has 0 fully saturated rings. The molecule has 0 heterocycles. The second-order valence-electron chi connectivity index (χ2n) is 12.6. The van der Waals surface area contributed by atoms with Gasteiger partial charge in [0.05, 0.1) is 0 Å². The van der Waals surface area contributed by atoms with Gasteiger partial charge in [0.2, 0.25) is 0 Å². The van der Waals surface area contributed by atoms with E-state index in [1.807, 2.05) is 24.3 Å². The van der Waals surface area contributed by atoms with E-state index >= 15 is 8.78 Å². The summed E-state index contributed by atoms with van der Waals surface area (Å²) in [7, 11) is -1.19. The highest BCUT2D eigenvalue weighted by atomic mass is 28.3. The first-order valence-corrected chi connectivity index (χ1v) is 19.4. The van der Waals surface area contributed by atoms with Crippen molar-refractivity contribution in [2.75, 3.05) is 0 Å². The molecule has 220 valence electrons. The molecule has 3 aromatic carbocycles. The predicted octanol–water partition coefficient (Wildman–Crippen LogP) is 12.4. The molecule has 0 atom stereocenters. The quantitative estimate of drug-likeness (QED) is 0.106. The fraction of sp³-hybridized carbons (Fsp3) is 0.556. The molecule has 0 nitrogen and oxygen atoms in total. The minimum Gasteiger partial charge on any atom is -0.206 e. The molecule has 0 amide bonds. The van der Waals surface area contributed by atoms with Crippen LogP contribution in [0.2, 0.25) is 25.2 Å². The fourth-order valence-electron chi connectivity index (χ4n) is 5.90. The number of halogens is 3. The number of hydrogen-bond acceptors (Lipinski definition) is 0. The average Bonchev–Trinajstić information content (AvgIpc) is 2.94. The van der Waals surface area contributed by atoms with Gasteiger partial charge in [0.25, 0.3) is 0 Å². The third-order valence-corrected chi connectivity index (χ3v) is 12.0.